The zero-order valence-corrected chi connectivity index (χ0v) is 15.9. The number of nitrogens with zero attached hydrogens (tertiary/aromatic N) is 1. The van der Waals surface area contributed by atoms with E-state index in [1.807, 2.05) is 6.26 Å². The van der Waals surface area contributed by atoms with Crippen LogP contribution in [-0.4, -0.2) is 28.0 Å². The molecule has 0 aliphatic heterocycles. The number of amides is 2. The van der Waals surface area contributed by atoms with Gasteiger partial charge in [0.2, 0.25) is 0 Å². The maximum absolute atomic E-state index is 12.9. The van der Waals surface area contributed by atoms with E-state index in [2.05, 4.69) is 15.6 Å². The van der Waals surface area contributed by atoms with E-state index in [1.165, 1.54) is 23.5 Å². The van der Waals surface area contributed by atoms with Crippen LogP contribution in [0.2, 0.25) is 0 Å². The first-order valence-electron chi connectivity index (χ1n) is 7.33. The van der Waals surface area contributed by atoms with Gasteiger partial charge in [-0.15, -0.1) is 11.3 Å². The number of thiocarbonyl (C=S) groups is 1. The Morgan fingerprint density at radius 3 is 2.62 bits per heavy atom. The molecule has 0 atom stereocenters. The molecule has 0 radical (unpaired) electrons. The first-order chi connectivity index (χ1) is 12.5. The van der Waals surface area contributed by atoms with Crippen molar-refractivity contribution in [1.82, 2.24) is 10.3 Å². The van der Waals surface area contributed by atoms with Crippen LogP contribution in [0.15, 0.2) is 46.8 Å². The van der Waals surface area contributed by atoms with Crippen molar-refractivity contribution in [2.45, 2.75) is 4.34 Å². The van der Waals surface area contributed by atoms with E-state index in [9.17, 15) is 14.0 Å². The monoisotopic (exact) mass is 405 g/mol. The van der Waals surface area contributed by atoms with Crippen LogP contribution < -0.4 is 10.6 Å². The fourth-order valence-corrected chi connectivity index (χ4v) is 3.76. The van der Waals surface area contributed by atoms with Crippen LogP contribution in [-0.2, 0) is 4.79 Å². The smallest absolute Gasteiger partial charge is 0.283 e. The summed E-state index contributed by atoms with van der Waals surface area (Å²) in [4.78, 5) is 28.4. The van der Waals surface area contributed by atoms with Crippen LogP contribution in [0.1, 0.15) is 10.4 Å². The highest BCUT2D eigenvalue weighted by Crippen LogP contribution is 2.29. The summed E-state index contributed by atoms with van der Waals surface area (Å²) in [5, 5.41) is 4.98. The van der Waals surface area contributed by atoms with Gasteiger partial charge in [0.25, 0.3) is 11.8 Å². The Hall–Kier alpha value is -2.36. The molecule has 2 amide bonds. The first-order valence-corrected chi connectivity index (χ1v) is 9.78. The lowest BCUT2D eigenvalue weighted by atomic mass is 10.2. The molecule has 5 nitrogen and oxygen atoms in total. The van der Waals surface area contributed by atoms with Crippen molar-refractivity contribution in [3.63, 3.8) is 0 Å². The van der Waals surface area contributed by atoms with Crippen LogP contribution in [0.4, 0.5) is 10.1 Å². The number of rotatable bonds is 3. The van der Waals surface area contributed by atoms with E-state index in [-0.39, 0.29) is 10.6 Å². The Morgan fingerprint density at radius 1 is 1.19 bits per heavy atom. The van der Waals surface area contributed by atoms with Crippen LogP contribution >= 0.6 is 35.3 Å². The van der Waals surface area contributed by atoms with Crippen molar-refractivity contribution >= 4 is 68.0 Å². The Morgan fingerprint density at radius 2 is 1.92 bits per heavy atom. The Labute approximate surface area is 162 Å². The van der Waals surface area contributed by atoms with Gasteiger partial charge in [0, 0.05) is 11.3 Å². The predicted molar refractivity (Wildman–Crippen MR) is 106 cm³/mol. The average molecular weight is 406 g/mol. The fraction of sp³-hybridized carbons (Fsp3) is 0.0588. The third-order valence-electron chi connectivity index (χ3n) is 3.34. The maximum atomic E-state index is 12.9. The van der Waals surface area contributed by atoms with Gasteiger partial charge in [0.15, 0.2) is 9.33 Å². The molecular weight excluding hydrogens is 393 g/mol. The Bertz CT molecular complexity index is 1000. The minimum absolute atomic E-state index is 0.206. The second kappa shape index (κ2) is 7.90. The maximum Gasteiger partial charge on any atom is 0.283 e. The van der Waals surface area contributed by atoms with Crippen molar-refractivity contribution in [2.24, 2.45) is 0 Å². The summed E-state index contributed by atoms with van der Waals surface area (Å²) in [6.07, 6.45) is 1.95. The normalized spacial score (nSPS) is 10.5. The molecular formula is C17H12FN3O2S3. The number of anilines is 1. The van der Waals surface area contributed by atoms with Crippen molar-refractivity contribution in [3.8, 4) is 0 Å². The van der Waals surface area contributed by atoms with E-state index in [0.717, 1.165) is 26.7 Å². The highest BCUT2D eigenvalue weighted by Gasteiger charge is 2.15. The van der Waals surface area contributed by atoms with E-state index in [0.29, 0.717) is 5.69 Å². The number of carbonyl (C=O) groups is 2. The Kier molecular flexibility index (Phi) is 5.60. The third kappa shape index (κ3) is 4.24. The molecule has 9 heteroatoms. The number of nitrogens with one attached hydrogen (secondary N) is 2. The molecule has 0 unspecified atom stereocenters. The molecule has 3 aromatic rings. The number of hydrogen-bond acceptors (Lipinski definition) is 6. The molecule has 3 rings (SSSR count). The van der Waals surface area contributed by atoms with Gasteiger partial charge in [0.1, 0.15) is 5.82 Å². The molecule has 0 spiro atoms. The lowest BCUT2D eigenvalue weighted by Gasteiger charge is -2.08. The topological polar surface area (TPSA) is 71.1 Å². The predicted octanol–water partition coefficient (Wildman–Crippen LogP) is 3.85. The standard InChI is InChI=1S/C17H12FN3O2S3/c1-25-17-20-12-7-6-11(8-13(12)26-17)19-15(23)16(24)21-14(22)9-2-4-10(18)5-3-9/h2-8H,1H3,(H,19,23)(H,21,22,24). The number of thiazole rings is 1. The van der Waals surface area contributed by atoms with Crippen molar-refractivity contribution in [1.29, 1.82) is 0 Å². The van der Waals surface area contributed by atoms with Crippen molar-refractivity contribution in [3.05, 3.63) is 53.8 Å². The van der Waals surface area contributed by atoms with Crippen molar-refractivity contribution in [2.75, 3.05) is 11.6 Å². The number of thioether (sulfide) groups is 1. The molecule has 0 aliphatic carbocycles. The minimum Gasteiger partial charge on any atom is -0.320 e. The number of aromatic nitrogens is 1. The van der Waals surface area contributed by atoms with E-state index < -0.39 is 17.6 Å². The van der Waals surface area contributed by atoms with Gasteiger partial charge >= 0.3 is 0 Å². The van der Waals surface area contributed by atoms with Crippen LogP contribution in [0, 0.1) is 5.82 Å². The van der Waals surface area contributed by atoms with Crippen LogP contribution in [0.5, 0.6) is 0 Å². The summed E-state index contributed by atoms with van der Waals surface area (Å²) in [6, 6.07) is 10.3. The molecule has 0 saturated heterocycles. The zero-order valence-electron chi connectivity index (χ0n) is 13.4. The fourth-order valence-electron chi connectivity index (χ4n) is 2.09. The highest BCUT2D eigenvalue weighted by atomic mass is 32.2. The minimum atomic E-state index is -0.607. The van der Waals surface area contributed by atoms with Gasteiger partial charge in [-0.3, -0.25) is 9.59 Å². The third-order valence-corrected chi connectivity index (χ3v) is 5.63. The van der Waals surface area contributed by atoms with Gasteiger partial charge in [0.05, 0.1) is 10.2 Å². The molecule has 132 valence electrons. The summed E-state index contributed by atoms with van der Waals surface area (Å²) in [6.45, 7) is 0. The van der Waals surface area contributed by atoms with Gasteiger partial charge in [-0.2, -0.15) is 0 Å². The number of halogens is 1. The molecule has 2 N–H and O–H groups in total. The van der Waals surface area contributed by atoms with E-state index >= 15 is 0 Å². The van der Waals surface area contributed by atoms with E-state index in [4.69, 9.17) is 12.2 Å². The SMILES string of the molecule is CSc1nc2ccc(NC(=O)C(=S)NC(=O)c3ccc(F)cc3)cc2s1. The average Bonchev–Trinajstić information content (AvgIpc) is 3.04. The Balaban J connectivity index is 1.66. The quantitative estimate of drug-likeness (QED) is 0.512. The lowest BCUT2D eigenvalue weighted by molar-refractivity contribution is -0.110. The number of carbonyl (C=O) groups excluding carboxylic acids is 2. The second-order valence-corrected chi connectivity index (χ2v) is 7.60. The highest BCUT2D eigenvalue weighted by molar-refractivity contribution is 8.00. The number of benzene rings is 2. The van der Waals surface area contributed by atoms with Crippen LogP contribution in [0.25, 0.3) is 10.2 Å². The molecule has 0 fully saturated rings. The van der Waals surface area contributed by atoms with Gasteiger partial charge in [-0.25, -0.2) is 9.37 Å². The molecule has 26 heavy (non-hydrogen) atoms. The summed E-state index contributed by atoms with van der Waals surface area (Å²) < 4.78 is 14.8. The molecule has 1 heterocycles. The summed E-state index contributed by atoms with van der Waals surface area (Å²) in [5.74, 6) is -1.64. The lowest BCUT2D eigenvalue weighted by Crippen LogP contribution is -2.37. The van der Waals surface area contributed by atoms with E-state index in [1.54, 1.807) is 30.0 Å². The zero-order chi connectivity index (χ0) is 18.7. The van der Waals surface area contributed by atoms with Gasteiger partial charge < -0.3 is 10.6 Å². The second-order valence-electron chi connectivity index (χ2n) is 5.11. The summed E-state index contributed by atoms with van der Waals surface area (Å²) in [7, 11) is 0. The molecule has 0 saturated carbocycles. The molecule has 2 aromatic carbocycles. The molecule has 0 bridgehead atoms. The largest absolute Gasteiger partial charge is 0.320 e. The van der Waals surface area contributed by atoms with Gasteiger partial charge in [-0.05, 0) is 48.7 Å². The number of hydrogen-bond donors (Lipinski definition) is 2. The first kappa shape index (κ1) is 18.4. The summed E-state index contributed by atoms with van der Waals surface area (Å²) in [5.41, 5.74) is 1.61. The molecule has 0 aliphatic rings. The summed E-state index contributed by atoms with van der Waals surface area (Å²) >= 11 is 8.04. The number of fused-ring (bicyclic) bond motifs is 1. The van der Waals surface area contributed by atoms with Gasteiger partial charge in [-0.1, -0.05) is 24.0 Å². The molecule has 1 aromatic heterocycles. The van der Waals surface area contributed by atoms with Crippen molar-refractivity contribution < 1.29 is 14.0 Å². The van der Waals surface area contributed by atoms with Crippen LogP contribution in [0.3, 0.4) is 0 Å².